The molecule has 1 aliphatic rings. The third-order valence-electron chi connectivity index (χ3n) is 4.95. The predicted octanol–water partition coefficient (Wildman–Crippen LogP) is 3.83. The van der Waals surface area contributed by atoms with Crippen LogP contribution in [0.3, 0.4) is 0 Å². The zero-order valence-corrected chi connectivity index (χ0v) is 15.9. The monoisotopic (exact) mass is 364 g/mol. The summed E-state index contributed by atoms with van der Waals surface area (Å²) >= 11 is 0. The van der Waals surface area contributed by atoms with Gasteiger partial charge in [0, 0.05) is 24.8 Å². The molecule has 3 aromatic rings. The van der Waals surface area contributed by atoms with Crippen LogP contribution in [0.25, 0.3) is 11.2 Å². The minimum absolute atomic E-state index is 0.00816. The molecule has 0 spiro atoms. The molecule has 0 unspecified atom stereocenters. The Morgan fingerprint density at radius 1 is 1.30 bits per heavy atom. The molecule has 4 rings (SSSR count). The quantitative estimate of drug-likeness (QED) is 0.667. The fourth-order valence-corrected chi connectivity index (χ4v) is 3.30. The van der Waals surface area contributed by atoms with Crippen molar-refractivity contribution in [1.82, 2.24) is 19.4 Å². The molecule has 1 aliphatic carbocycles. The van der Waals surface area contributed by atoms with E-state index in [-0.39, 0.29) is 11.9 Å². The SMILES string of the molecule is COc1cccc(CN(C(=O)c2cnc3c(c2)ncn3C(C)C)C2CC2)c1. The van der Waals surface area contributed by atoms with E-state index in [1.54, 1.807) is 19.6 Å². The fourth-order valence-electron chi connectivity index (χ4n) is 3.30. The van der Waals surface area contributed by atoms with Gasteiger partial charge in [0.25, 0.3) is 5.91 Å². The van der Waals surface area contributed by atoms with E-state index in [0.29, 0.717) is 18.2 Å². The lowest BCUT2D eigenvalue weighted by Gasteiger charge is -2.23. The molecule has 0 aliphatic heterocycles. The number of aromatic nitrogens is 3. The van der Waals surface area contributed by atoms with E-state index in [4.69, 9.17) is 4.74 Å². The maximum Gasteiger partial charge on any atom is 0.256 e. The first-order chi connectivity index (χ1) is 13.1. The van der Waals surface area contributed by atoms with E-state index in [9.17, 15) is 4.79 Å². The van der Waals surface area contributed by atoms with E-state index in [2.05, 4.69) is 23.8 Å². The number of benzene rings is 1. The molecule has 27 heavy (non-hydrogen) atoms. The number of ether oxygens (including phenoxy) is 1. The minimum atomic E-state index is 0.00816. The van der Waals surface area contributed by atoms with Gasteiger partial charge in [0.2, 0.25) is 0 Å². The molecule has 0 atom stereocenters. The highest BCUT2D eigenvalue weighted by Gasteiger charge is 2.33. The van der Waals surface area contributed by atoms with Gasteiger partial charge in [-0.25, -0.2) is 9.97 Å². The summed E-state index contributed by atoms with van der Waals surface area (Å²) in [5.41, 5.74) is 3.22. The van der Waals surface area contributed by atoms with Crippen LogP contribution in [0.1, 0.15) is 48.7 Å². The van der Waals surface area contributed by atoms with Gasteiger partial charge in [-0.3, -0.25) is 4.79 Å². The summed E-state index contributed by atoms with van der Waals surface area (Å²) in [6.45, 7) is 4.74. The van der Waals surface area contributed by atoms with Crippen molar-refractivity contribution in [2.45, 2.75) is 45.3 Å². The molecular formula is C21H24N4O2. The van der Waals surface area contributed by atoms with Crippen LogP contribution in [-0.4, -0.2) is 38.5 Å². The van der Waals surface area contributed by atoms with Crippen LogP contribution in [0.5, 0.6) is 5.75 Å². The molecule has 0 bridgehead atoms. The lowest BCUT2D eigenvalue weighted by atomic mass is 10.1. The van der Waals surface area contributed by atoms with Crippen LogP contribution < -0.4 is 4.74 Å². The number of carbonyl (C=O) groups is 1. The van der Waals surface area contributed by atoms with Crippen LogP contribution in [0.2, 0.25) is 0 Å². The van der Waals surface area contributed by atoms with Crippen molar-refractivity contribution in [2.75, 3.05) is 7.11 Å². The number of methoxy groups -OCH3 is 1. The minimum Gasteiger partial charge on any atom is -0.497 e. The van der Waals surface area contributed by atoms with Crippen molar-refractivity contribution in [1.29, 1.82) is 0 Å². The Hall–Kier alpha value is -2.89. The van der Waals surface area contributed by atoms with E-state index in [0.717, 1.165) is 35.3 Å². The summed E-state index contributed by atoms with van der Waals surface area (Å²) < 4.78 is 7.32. The Balaban J connectivity index is 1.61. The number of imidazole rings is 1. The van der Waals surface area contributed by atoms with Crippen LogP contribution in [-0.2, 0) is 6.54 Å². The van der Waals surface area contributed by atoms with Crippen molar-refractivity contribution in [3.63, 3.8) is 0 Å². The van der Waals surface area contributed by atoms with Gasteiger partial charge in [0.05, 0.1) is 19.0 Å². The molecule has 6 heteroatoms. The second kappa shape index (κ2) is 7.02. The second-order valence-electron chi connectivity index (χ2n) is 7.33. The largest absolute Gasteiger partial charge is 0.497 e. The summed E-state index contributed by atoms with van der Waals surface area (Å²) in [6, 6.07) is 10.3. The van der Waals surface area contributed by atoms with Crippen LogP contribution >= 0.6 is 0 Å². The highest BCUT2D eigenvalue weighted by atomic mass is 16.5. The Morgan fingerprint density at radius 3 is 2.81 bits per heavy atom. The van der Waals surface area contributed by atoms with Crippen LogP contribution in [0, 0.1) is 0 Å². The molecule has 0 N–H and O–H groups in total. The molecular weight excluding hydrogens is 340 g/mol. The van der Waals surface area contributed by atoms with Crippen molar-refractivity contribution >= 4 is 17.1 Å². The Bertz CT molecular complexity index is 975. The number of pyridine rings is 1. The smallest absolute Gasteiger partial charge is 0.256 e. The average molecular weight is 364 g/mol. The number of rotatable bonds is 6. The van der Waals surface area contributed by atoms with Gasteiger partial charge in [-0.1, -0.05) is 12.1 Å². The average Bonchev–Trinajstić information content (AvgIpc) is 3.43. The zero-order valence-electron chi connectivity index (χ0n) is 15.9. The maximum absolute atomic E-state index is 13.2. The Morgan fingerprint density at radius 2 is 2.11 bits per heavy atom. The molecule has 1 aromatic carbocycles. The van der Waals surface area contributed by atoms with Gasteiger partial charge in [0.15, 0.2) is 5.65 Å². The van der Waals surface area contributed by atoms with E-state index >= 15 is 0 Å². The van der Waals surface area contributed by atoms with E-state index in [1.807, 2.05) is 39.8 Å². The number of hydrogen-bond acceptors (Lipinski definition) is 4. The van der Waals surface area contributed by atoms with Crippen molar-refractivity contribution < 1.29 is 9.53 Å². The number of amides is 1. The van der Waals surface area contributed by atoms with Crippen LogP contribution in [0.15, 0.2) is 42.9 Å². The Labute approximate surface area is 158 Å². The first kappa shape index (κ1) is 17.5. The molecule has 0 radical (unpaired) electrons. The number of carbonyl (C=O) groups excluding carboxylic acids is 1. The molecule has 1 amide bonds. The highest BCUT2D eigenvalue weighted by molar-refractivity contribution is 5.96. The molecule has 2 aromatic heterocycles. The lowest BCUT2D eigenvalue weighted by molar-refractivity contribution is 0.0729. The Kier molecular flexibility index (Phi) is 4.56. The standard InChI is InChI=1S/C21H24N4O2/c1-14(2)25-13-23-19-10-16(11-22-20(19)25)21(26)24(17-7-8-17)12-15-5-4-6-18(9-15)27-3/h4-6,9-11,13-14,17H,7-8,12H2,1-3H3. The zero-order chi connectivity index (χ0) is 19.0. The van der Waals surface area contributed by atoms with E-state index < -0.39 is 0 Å². The summed E-state index contributed by atoms with van der Waals surface area (Å²) in [4.78, 5) is 24.1. The summed E-state index contributed by atoms with van der Waals surface area (Å²) in [7, 11) is 1.65. The van der Waals surface area contributed by atoms with Gasteiger partial charge in [0.1, 0.15) is 11.3 Å². The van der Waals surface area contributed by atoms with Crippen molar-refractivity contribution in [3.8, 4) is 5.75 Å². The normalized spacial score (nSPS) is 13.9. The number of hydrogen-bond donors (Lipinski definition) is 0. The summed E-state index contributed by atoms with van der Waals surface area (Å²) in [5.74, 6) is 0.812. The van der Waals surface area contributed by atoms with Gasteiger partial charge in [-0.15, -0.1) is 0 Å². The van der Waals surface area contributed by atoms with Crippen LogP contribution in [0.4, 0.5) is 0 Å². The highest BCUT2D eigenvalue weighted by Crippen LogP contribution is 2.30. The third-order valence-corrected chi connectivity index (χ3v) is 4.95. The molecule has 1 saturated carbocycles. The lowest BCUT2D eigenvalue weighted by Crippen LogP contribution is -2.32. The second-order valence-corrected chi connectivity index (χ2v) is 7.33. The predicted molar refractivity (Wildman–Crippen MR) is 104 cm³/mol. The van der Waals surface area contributed by atoms with Gasteiger partial charge in [-0.05, 0) is 50.5 Å². The van der Waals surface area contributed by atoms with Crippen molar-refractivity contribution in [3.05, 3.63) is 54.0 Å². The first-order valence-corrected chi connectivity index (χ1v) is 9.33. The van der Waals surface area contributed by atoms with Gasteiger partial charge >= 0.3 is 0 Å². The molecule has 2 heterocycles. The summed E-state index contributed by atoms with van der Waals surface area (Å²) in [6.07, 6.45) is 5.55. The number of nitrogens with zero attached hydrogens (tertiary/aromatic N) is 4. The fraction of sp³-hybridized carbons (Fsp3) is 0.381. The third kappa shape index (κ3) is 3.52. The first-order valence-electron chi connectivity index (χ1n) is 9.33. The topological polar surface area (TPSA) is 60.2 Å². The molecule has 140 valence electrons. The van der Waals surface area contributed by atoms with E-state index in [1.165, 1.54) is 0 Å². The maximum atomic E-state index is 13.2. The number of fused-ring (bicyclic) bond motifs is 1. The van der Waals surface area contributed by atoms with Gasteiger partial charge in [-0.2, -0.15) is 0 Å². The van der Waals surface area contributed by atoms with Crippen molar-refractivity contribution in [2.24, 2.45) is 0 Å². The molecule has 1 fully saturated rings. The molecule has 0 saturated heterocycles. The summed E-state index contributed by atoms with van der Waals surface area (Å²) in [5, 5.41) is 0. The molecule has 6 nitrogen and oxygen atoms in total. The van der Waals surface area contributed by atoms with Gasteiger partial charge < -0.3 is 14.2 Å².